The summed E-state index contributed by atoms with van der Waals surface area (Å²) in [6.07, 6.45) is 9.31. The van der Waals surface area contributed by atoms with E-state index in [2.05, 4.69) is 21.7 Å². The Kier molecular flexibility index (Phi) is 7.48. The van der Waals surface area contributed by atoms with Crippen LogP contribution < -0.4 is 5.32 Å². The lowest BCUT2D eigenvalue weighted by atomic mass is 9.95. The Morgan fingerprint density at radius 1 is 1.14 bits per heavy atom. The van der Waals surface area contributed by atoms with Crippen molar-refractivity contribution in [2.45, 2.75) is 64.2 Å². The number of nitrogens with zero attached hydrogens (tertiary/aromatic N) is 4. The molecule has 0 unspecified atom stereocenters. The van der Waals surface area contributed by atoms with Gasteiger partial charge < -0.3 is 15.0 Å². The Labute approximate surface area is 210 Å². The fourth-order valence-corrected chi connectivity index (χ4v) is 5.30. The van der Waals surface area contributed by atoms with Gasteiger partial charge in [-0.05, 0) is 62.6 Å². The van der Waals surface area contributed by atoms with Crippen LogP contribution in [0.3, 0.4) is 0 Å². The van der Waals surface area contributed by atoms with Crippen molar-refractivity contribution < 1.29 is 14.3 Å². The predicted molar refractivity (Wildman–Crippen MR) is 132 cm³/mol. The van der Waals surface area contributed by atoms with Crippen LogP contribution in [0, 0.1) is 5.92 Å². The van der Waals surface area contributed by atoms with Gasteiger partial charge in [-0.3, -0.25) is 9.59 Å². The molecule has 1 aliphatic carbocycles. The monoisotopic (exact) mass is 497 g/mol. The number of hydrogen-bond acceptors (Lipinski definition) is 5. The number of hydrogen-bond donors (Lipinski definition) is 1. The molecular formula is C26H32ClN5O3. The molecule has 0 spiro atoms. The van der Waals surface area contributed by atoms with Gasteiger partial charge in [-0.15, -0.1) is 5.10 Å². The van der Waals surface area contributed by atoms with E-state index in [0.717, 1.165) is 18.4 Å². The number of likely N-dealkylation sites (tertiary alicyclic amines) is 1. The van der Waals surface area contributed by atoms with E-state index in [0.29, 0.717) is 55.4 Å². The van der Waals surface area contributed by atoms with Gasteiger partial charge in [-0.1, -0.05) is 40.6 Å². The molecule has 5 rings (SSSR count). The molecule has 2 aliphatic heterocycles. The number of ether oxygens (including phenoxy) is 1. The number of allylic oxidation sites excluding steroid dienone is 1. The highest BCUT2D eigenvalue weighted by atomic mass is 35.5. The third kappa shape index (κ3) is 5.59. The number of halogens is 1. The molecule has 1 N–H and O–H groups in total. The molecule has 186 valence electrons. The maximum Gasteiger partial charge on any atom is 0.276 e. The zero-order valence-electron chi connectivity index (χ0n) is 19.9. The molecule has 9 heteroatoms. The molecular weight excluding hydrogens is 466 g/mol. The van der Waals surface area contributed by atoms with Gasteiger partial charge in [0, 0.05) is 30.6 Å². The third-order valence-corrected chi connectivity index (χ3v) is 7.58. The maximum absolute atomic E-state index is 13.2. The smallest absolute Gasteiger partial charge is 0.276 e. The molecule has 0 radical (unpaired) electrons. The minimum Gasteiger partial charge on any atom is -0.365 e. The predicted octanol–water partition coefficient (Wildman–Crippen LogP) is 4.06. The van der Waals surface area contributed by atoms with Crippen LogP contribution in [-0.2, 0) is 22.7 Å². The van der Waals surface area contributed by atoms with Gasteiger partial charge in [0.25, 0.3) is 5.91 Å². The van der Waals surface area contributed by atoms with Crippen molar-refractivity contribution >= 4 is 23.4 Å². The average molecular weight is 498 g/mol. The normalized spacial score (nSPS) is 20.8. The number of nitrogens with one attached hydrogen (secondary N) is 1. The van der Waals surface area contributed by atoms with Gasteiger partial charge in [-0.25, -0.2) is 4.68 Å². The van der Waals surface area contributed by atoms with Crippen molar-refractivity contribution in [3.05, 3.63) is 57.9 Å². The summed E-state index contributed by atoms with van der Waals surface area (Å²) in [7, 11) is 0. The van der Waals surface area contributed by atoms with E-state index >= 15 is 0 Å². The summed E-state index contributed by atoms with van der Waals surface area (Å²) in [5, 5.41) is 12.2. The standard InChI is InChI=1S/C26H32ClN5O3/c27-21-8-6-19(7-9-21)23-16-32-22(17-35-23)24(29-30-32)26(34)31-14-11-20(12-15-31)25(33)28-13-10-18-4-2-1-3-5-18/h4,6-9,20,23H,1-3,5,10-17H2,(H,28,33)/t23-/m1/s1. The van der Waals surface area contributed by atoms with E-state index in [4.69, 9.17) is 16.3 Å². The van der Waals surface area contributed by atoms with E-state index < -0.39 is 0 Å². The van der Waals surface area contributed by atoms with Crippen LogP contribution in [0.25, 0.3) is 0 Å². The summed E-state index contributed by atoms with van der Waals surface area (Å²) >= 11 is 5.99. The van der Waals surface area contributed by atoms with Crippen molar-refractivity contribution in [3.63, 3.8) is 0 Å². The van der Waals surface area contributed by atoms with E-state index in [1.807, 2.05) is 24.3 Å². The van der Waals surface area contributed by atoms with Crippen LogP contribution in [0.5, 0.6) is 0 Å². The van der Waals surface area contributed by atoms with Crippen LogP contribution in [0.15, 0.2) is 35.9 Å². The van der Waals surface area contributed by atoms with Gasteiger partial charge in [0.2, 0.25) is 5.91 Å². The van der Waals surface area contributed by atoms with Crippen molar-refractivity contribution in [1.82, 2.24) is 25.2 Å². The molecule has 3 aliphatic rings. The van der Waals surface area contributed by atoms with Gasteiger partial charge in [-0.2, -0.15) is 0 Å². The number of rotatable bonds is 6. The Balaban J connectivity index is 1.12. The van der Waals surface area contributed by atoms with E-state index in [1.54, 1.807) is 9.58 Å². The zero-order chi connectivity index (χ0) is 24.2. The highest BCUT2D eigenvalue weighted by molar-refractivity contribution is 6.30. The number of fused-ring (bicyclic) bond motifs is 1. The fourth-order valence-electron chi connectivity index (χ4n) is 5.17. The number of piperidine rings is 1. The summed E-state index contributed by atoms with van der Waals surface area (Å²) in [4.78, 5) is 27.6. The first-order chi connectivity index (χ1) is 17.1. The first-order valence-corrected chi connectivity index (χ1v) is 13.0. The van der Waals surface area contributed by atoms with Gasteiger partial charge in [0.1, 0.15) is 6.10 Å². The van der Waals surface area contributed by atoms with Gasteiger partial charge >= 0.3 is 0 Å². The number of aromatic nitrogens is 3. The molecule has 2 amide bonds. The number of amides is 2. The zero-order valence-corrected chi connectivity index (χ0v) is 20.7. The van der Waals surface area contributed by atoms with Gasteiger partial charge in [0.05, 0.1) is 18.8 Å². The van der Waals surface area contributed by atoms with Crippen LogP contribution in [-0.4, -0.2) is 51.3 Å². The molecule has 0 bridgehead atoms. The fraction of sp³-hybridized carbons (Fsp3) is 0.538. The molecule has 3 heterocycles. The molecule has 1 atom stereocenters. The van der Waals surface area contributed by atoms with Crippen molar-refractivity contribution in [2.24, 2.45) is 5.92 Å². The van der Waals surface area contributed by atoms with Crippen LogP contribution >= 0.6 is 11.6 Å². The summed E-state index contributed by atoms with van der Waals surface area (Å²) in [5.74, 6) is -0.0732. The highest BCUT2D eigenvalue weighted by Gasteiger charge is 2.33. The summed E-state index contributed by atoms with van der Waals surface area (Å²) in [6, 6.07) is 7.55. The van der Waals surface area contributed by atoms with Crippen LogP contribution in [0.2, 0.25) is 5.02 Å². The first-order valence-electron chi connectivity index (χ1n) is 12.6. The van der Waals surface area contributed by atoms with Crippen LogP contribution in [0.4, 0.5) is 0 Å². The SMILES string of the molecule is O=C(NCCC1=CCCCC1)C1CCN(C(=O)c2nnn3c2CO[C@@H](c2ccc(Cl)cc2)C3)CC1. The Hall–Kier alpha value is -2.71. The Morgan fingerprint density at radius 2 is 1.94 bits per heavy atom. The molecule has 2 aromatic rings. The summed E-state index contributed by atoms with van der Waals surface area (Å²) in [5.41, 5.74) is 3.54. The summed E-state index contributed by atoms with van der Waals surface area (Å²) < 4.78 is 7.79. The van der Waals surface area contributed by atoms with Crippen molar-refractivity contribution in [3.8, 4) is 0 Å². The highest BCUT2D eigenvalue weighted by Crippen LogP contribution is 2.29. The number of carbonyl (C=O) groups excluding carboxylic acids is 2. The quantitative estimate of drug-likeness (QED) is 0.608. The lowest BCUT2D eigenvalue weighted by Crippen LogP contribution is -2.43. The molecule has 8 nitrogen and oxygen atoms in total. The third-order valence-electron chi connectivity index (χ3n) is 7.33. The minimum absolute atomic E-state index is 0.0445. The molecule has 1 fully saturated rings. The van der Waals surface area contributed by atoms with Crippen molar-refractivity contribution in [1.29, 1.82) is 0 Å². The largest absolute Gasteiger partial charge is 0.365 e. The molecule has 35 heavy (non-hydrogen) atoms. The second kappa shape index (κ2) is 10.9. The maximum atomic E-state index is 13.2. The van der Waals surface area contributed by atoms with Crippen molar-refractivity contribution in [2.75, 3.05) is 19.6 Å². The van der Waals surface area contributed by atoms with E-state index in [-0.39, 0.29) is 30.4 Å². The number of carbonyl (C=O) groups is 2. The topological polar surface area (TPSA) is 89.4 Å². The van der Waals surface area contributed by atoms with Gasteiger partial charge in [0.15, 0.2) is 5.69 Å². The second-order valence-electron chi connectivity index (χ2n) is 9.63. The minimum atomic E-state index is -0.159. The average Bonchev–Trinajstić information content (AvgIpc) is 3.33. The lowest BCUT2D eigenvalue weighted by Gasteiger charge is -2.31. The molecule has 0 saturated carbocycles. The second-order valence-corrected chi connectivity index (χ2v) is 10.1. The molecule has 1 saturated heterocycles. The Bertz CT molecular complexity index is 1090. The van der Waals surface area contributed by atoms with E-state index in [9.17, 15) is 9.59 Å². The molecule has 1 aromatic carbocycles. The first kappa shape index (κ1) is 24.0. The van der Waals surface area contributed by atoms with E-state index in [1.165, 1.54) is 24.8 Å². The van der Waals surface area contributed by atoms with Crippen LogP contribution in [0.1, 0.15) is 72.8 Å². The molecule has 1 aromatic heterocycles. The Morgan fingerprint density at radius 3 is 2.69 bits per heavy atom. The summed E-state index contributed by atoms with van der Waals surface area (Å²) in [6.45, 7) is 2.56. The lowest BCUT2D eigenvalue weighted by molar-refractivity contribution is -0.126. The number of benzene rings is 1.